The Morgan fingerprint density at radius 1 is 1.29 bits per heavy atom. The van der Waals surface area contributed by atoms with Crippen LogP contribution in [-0.2, 0) is 4.79 Å². The van der Waals surface area contributed by atoms with Gasteiger partial charge in [0, 0.05) is 18.7 Å². The molecule has 0 bridgehead atoms. The van der Waals surface area contributed by atoms with E-state index in [1.807, 2.05) is 29.2 Å². The number of hydrogen-bond acceptors (Lipinski definition) is 3. The summed E-state index contributed by atoms with van der Waals surface area (Å²) < 4.78 is 5.68. The van der Waals surface area contributed by atoms with Gasteiger partial charge in [-0.05, 0) is 48.9 Å². The third-order valence-electron chi connectivity index (χ3n) is 4.30. The van der Waals surface area contributed by atoms with Crippen LogP contribution in [0.15, 0.2) is 24.3 Å². The lowest BCUT2D eigenvalue weighted by atomic mass is 9.89. The fourth-order valence-corrected chi connectivity index (χ4v) is 2.80. The predicted octanol–water partition coefficient (Wildman–Crippen LogP) is 2.93. The number of carbonyl (C=O) groups is 1. The number of nitrogens with zero attached hydrogens (tertiary/aromatic N) is 1. The molecule has 1 aromatic carbocycles. The van der Waals surface area contributed by atoms with Gasteiger partial charge in [0.1, 0.15) is 12.4 Å². The van der Waals surface area contributed by atoms with Crippen LogP contribution >= 0.6 is 0 Å². The fraction of sp³-hybridized carbons (Fsp3) is 0.588. The molecule has 0 aromatic heterocycles. The Hall–Kier alpha value is -1.71. The van der Waals surface area contributed by atoms with Gasteiger partial charge in [-0.3, -0.25) is 4.79 Å². The Morgan fingerprint density at radius 3 is 2.67 bits per heavy atom. The van der Waals surface area contributed by atoms with Crippen LogP contribution in [-0.4, -0.2) is 30.5 Å². The van der Waals surface area contributed by atoms with E-state index in [4.69, 9.17) is 10.5 Å². The summed E-state index contributed by atoms with van der Waals surface area (Å²) in [6.07, 6.45) is 2.79. The number of hydrogen-bond donors (Lipinski definition) is 1. The van der Waals surface area contributed by atoms with Gasteiger partial charge in [-0.25, -0.2) is 0 Å². The van der Waals surface area contributed by atoms with Crippen LogP contribution in [0.2, 0.25) is 0 Å². The number of nitrogen functional groups attached to an aromatic ring is 1. The molecule has 21 heavy (non-hydrogen) atoms. The normalized spacial score (nSPS) is 19.7. The summed E-state index contributed by atoms with van der Waals surface area (Å²) in [6.45, 7) is 6.53. The van der Waals surface area contributed by atoms with E-state index in [-0.39, 0.29) is 5.91 Å². The number of nitrogens with two attached hydrogens (primary N) is 1. The molecule has 0 spiro atoms. The first-order valence-electron chi connectivity index (χ1n) is 7.82. The number of anilines is 1. The number of likely N-dealkylation sites (tertiary alicyclic amines) is 1. The Kier molecular flexibility index (Phi) is 5.48. The van der Waals surface area contributed by atoms with Crippen molar-refractivity contribution >= 4 is 11.6 Å². The highest BCUT2D eigenvalue weighted by Crippen LogP contribution is 2.25. The molecule has 1 saturated heterocycles. The molecule has 1 amide bonds. The number of benzene rings is 1. The molecule has 1 aromatic rings. The molecular weight excluding hydrogens is 264 g/mol. The molecule has 2 N–H and O–H groups in total. The second kappa shape index (κ2) is 7.34. The predicted molar refractivity (Wildman–Crippen MR) is 85.1 cm³/mol. The van der Waals surface area contributed by atoms with Crippen molar-refractivity contribution in [2.45, 2.75) is 33.1 Å². The van der Waals surface area contributed by atoms with Gasteiger partial charge < -0.3 is 15.4 Å². The van der Waals surface area contributed by atoms with E-state index < -0.39 is 0 Å². The van der Waals surface area contributed by atoms with E-state index >= 15 is 0 Å². The van der Waals surface area contributed by atoms with E-state index in [0.717, 1.165) is 30.8 Å². The van der Waals surface area contributed by atoms with Crippen LogP contribution in [0.25, 0.3) is 0 Å². The van der Waals surface area contributed by atoms with E-state index in [9.17, 15) is 4.79 Å². The minimum absolute atomic E-state index is 0.263. The van der Waals surface area contributed by atoms with Gasteiger partial charge in [0.25, 0.3) is 0 Å². The van der Waals surface area contributed by atoms with E-state index in [1.54, 1.807) is 0 Å². The quantitative estimate of drug-likeness (QED) is 0.848. The summed E-state index contributed by atoms with van der Waals surface area (Å²) in [5.74, 6) is 2.38. The van der Waals surface area contributed by atoms with Crippen molar-refractivity contribution in [3.63, 3.8) is 0 Å². The van der Waals surface area contributed by atoms with Crippen LogP contribution < -0.4 is 10.5 Å². The summed E-state index contributed by atoms with van der Waals surface area (Å²) in [5, 5.41) is 0. The second-order valence-corrected chi connectivity index (χ2v) is 6.13. The largest absolute Gasteiger partial charge is 0.492 e. The summed E-state index contributed by atoms with van der Waals surface area (Å²) in [7, 11) is 0. The van der Waals surface area contributed by atoms with Gasteiger partial charge in [-0.2, -0.15) is 0 Å². The first-order chi connectivity index (χ1) is 10.1. The van der Waals surface area contributed by atoms with Crippen LogP contribution in [0.4, 0.5) is 5.69 Å². The summed E-state index contributed by atoms with van der Waals surface area (Å²) in [4.78, 5) is 14.1. The van der Waals surface area contributed by atoms with Crippen molar-refractivity contribution in [3.05, 3.63) is 24.3 Å². The zero-order valence-electron chi connectivity index (χ0n) is 13.0. The zero-order valence-corrected chi connectivity index (χ0v) is 13.0. The summed E-state index contributed by atoms with van der Waals surface area (Å²) in [6, 6.07) is 7.35. The Morgan fingerprint density at radius 2 is 2.00 bits per heavy atom. The fourth-order valence-electron chi connectivity index (χ4n) is 2.80. The maximum atomic E-state index is 12.1. The topological polar surface area (TPSA) is 55.6 Å². The Balaban J connectivity index is 1.79. The standard InChI is InChI=1S/C17H26N2O2/c1-13(2)14-3-8-17(20)19(10-9-14)11-12-21-16-6-4-15(18)5-7-16/h4-7,13-14H,3,8-12,18H2,1-2H3. The smallest absolute Gasteiger partial charge is 0.222 e. The number of ether oxygens (including phenoxy) is 1. The highest BCUT2D eigenvalue weighted by Gasteiger charge is 2.23. The SMILES string of the molecule is CC(C)C1CCC(=O)N(CCOc2ccc(N)cc2)CC1. The maximum absolute atomic E-state index is 12.1. The third-order valence-corrected chi connectivity index (χ3v) is 4.30. The minimum Gasteiger partial charge on any atom is -0.492 e. The minimum atomic E-state index is 0.263. The lowest BCUT2D eigenvalue weighted by molar-refractivity contribution is -0.131. The van der Waals surface area contributed by atoms with Gasteiger partial charge in [0.05, 0.1) is 6.54 Å². The number of carbonyl (C=O) groups excluding carboxylic acids is 1. The molecule has 4 heteroatoms. The van der Waals surface area contributed by atoms with Gasteiger partial charge in [-0.1, -0.05) is 13.8 Å². The van der Waals surface area contributed by atoms with Crippen molar-refractivity contribution in [1.29, 1.82) is 0 Å². The van der Waals surface area contributed by atoms with E-state index in [1.165, 1.54) is 0 Å². The molecule has 1 aliphatic heterocycles. The van der Waals surface area contributed by atoms with Crippen molar-refractivity contribution in [3.8, 4) is 5.75 Å². The van der Waals surface area contributed by atoms with Crippen molar-refractivity contribution < 1.29 is 9.53 Å². The third kappa shape index (κ3) is 4.66. The number of rotatable bonds is 5. The van der Waals surface area contributed by atoms with Crippen molar-refractivity contribution in [1.82, 2.24) is 4.90 Å². The zero-order chi connectivity index (χ0) is 15.2. The number of amides is 1. The van der Waals surface area contributed by atoms with Crippen molar-refractivity contribution in [2.24, 2.45) is 11.8 Å². The molecule has 4 nitrogen and oxygen atoms in total. The molecule has 116 valence electrons. The molecule has 1 fully saturated rings. The highest BCUT2D eigenvalue weighted by atomic mass is 16.5. The average Bonchev–Trinajstić information content (AvgIpc) is 2.64. The second-order valence-electron chi connectivity index (χ2n) is 6.13. The molecule has 1 heterocycles. The molecule has 0 aliphatic carbocycles. The summed E-state index contributed by atoms with van der Waals surface area (Å²) in [5.41, 5.74) is 6.36. The van der Waals surface area contributed by atoms with Gasteiger partial charge >= 0.3 is 0 Å². The van der Waals surface area contributed by atoms with E-state index in [0.29, 0.717) is 31.4 Å². The molecule has 1 aliphatic rings. The lowest BCUT2D eigenvalue weighted by Gasteiger charge is -2.21. The lowest BCUT2D eigenvalue weighted by Crippen LogP contribution is -2.34. The van der Waals surface area contributed by atoms with Crippen LogP contribution in [0.5, 0.6) is 5.75 Å². The van der Waals surface area contributed by atoms with Gasteiger partial charge in [0.2, 0.25) is 5.91 Å². The van der Waals surface area contributed by atoms with Crippen molar-refractivity contribution in [2.75, 3.05) is 25.4 Å². The summed E-state index contributed by atoms with van der Waals surface area (Å²) >= 11 is 0. The van der Waals surface area contributed by atoms with Crippen LogP contribution in [0.3, 0.4) is 0 Å². The van der Waals surface area contributed by atoms with Gasteiger partial charge in [0.15, 0.2) is 0 Å². The van der Waals surface area contributed by atoms with Crippen LogP contribution in [0, 0.1) is 11.8 Å². The highest BCUT2D eigenvalue weighted by molar-refractivity contribution is 5.76. The van der Waals surface area contributed by atoms with Crippen LogP contribution in [0.1, 0.15) is 33.1 Å². The first kappa shape index (κ1) is 15.7. The Bertz CT molecular complexity index is 456. The molecule has 0 radical (unpaired) electrons. The van der Waals surface area contributed by atoms with Gasteiger partial charge in [-0.15, -0.1) is 0 Å². The van der Waals surface area contributed by atoms with E-state index in [2.05, 4.69) is 13.8 Å². The average molecular weight is 290 g/mol. The Labute approximate surface area is 127 Å². The monoisotopic (exact) mass is 290 g/mol. The molecular formula is C17H26N2O2. The molecule has 2 rings (SSSR count). The molecule has 0 saturated carbocycles. The first-order valence-corrected chi connectivity index (χ1v) is 7.82. The molecule has 1 atom stereocenters. The maximum Gasteiger partial charge on any atom is 0.222 e. The molecule has 1 unspecified atom stereocenters.